The summed E-state index contributed by atoms with van der Waals surface area (Å²) in [4.78, 5) is 29.3. The Bertz CT molecular complexity index is 552. The second kappa shape index (κ2) is 6.97. The highest BCUT2D eigenvalue weighted by Gasteiger charge is 2.23. The lowest BCUT2D eigenvalue weighted by Crippen LogP contribution is -2.53. The number of nitrogens with zero attached hydrogens (tertiary/aromatic N) is 1. The Balaban J connectivity index is 1.48. The molecular weight excluding hydrogens is 320 g/mol. The van der Waals surface area contributed by atoms with E-state index in [2.05, 4.69) is 20.9 Å². The number of aryl methyl sites for hydroxylation is 2. The van der Waals surface area contributed by atoms with Crippen molar-refractivity contribution in [2.45, 2.75) is 50.6 Å². The molecule has 0 spiro atoms. The maximum atomic E-state index is 12.0. The van der Waals surface area contributed by atoms with Crippen LogP contribution in [0.1, 0.15) is 36.8 Å². The van der Waals surface area contributed by atoms with Crippen LogP contribution in [0.25, 0.3) is 0 Å². The Labute approximate surface area is 137 Å². The monoisotopic (exact) mass is 340 g/mol. The average molecular weight is 340 g/mol. The molecule has 2 aliphatic rings. The minimum Gasteiger partial charge on any atom is -0.332 e. The number of thiazole rings is 1. The van der Waals surface area contributed by atoms with Crippen molar-refractivity contribution in [2.75, 3.05) is 11.1 Å². The van der Waals surface area contributed by atoms with Crippen LogP contribution >= 0.6 is 23.1 Å². The first kappa shape index (κ1) is 15.8. The Hall–Kier alpha value is -1.12. The molecular formula is C14H20N4O2S2. The highest BCUT2D eigenvalue weighted by molar-refractivity contribution is 8.00. The van der Waals surface area contributed by atoms with Crippen molar-refractivity contribution in [2.24, 2.45) is 0 Å². The summed E-state index contributed by atoms with van der Waals surface area (Å²) in [6.07, 6.45) is 4.97. The third-order valence-electron chi connectivity index (χ3n) is 3.69. The zero-order chi connectivity index (χ0) is 15.5. The molecule has 2 heterocycles. The summed E-state index contributed by atoms with van der Waals surface area (Å²) in [6.45, 7) is 1.96. The number of amides is 2. The normalized spacial score (nSPS) is 24.5. The Kier molecular flexibility index (Phi) is 5.00. The van der Waals surface area contributed by atoms with Gasteiger partial charge in [0.2, 0.25) is 11.8 Å². The van der Waals surface area contributed by atoms with Crippen molar-refractivity contribution in [3.05, 3.63) is 10.6 Å². The average Bonchev–Trinajstić information content (AvgIpc) is 2.86. The molecule has 2 atom stereocenters. The van der Waals surface area contributed by atoms with Crippen LogP contribution in [0.5, 0.6) is 0 Å². The summed E-state index contributed by atoms with van der Waals surface area (Å²) in [5.74, 6) is 0.233. The van der Waals surface area contributed by atoms with E-state index in [4.69, 9.17) is 0 Å². The molecule has 0 radical (unpaired) electrons. The molecule has 120 valence electrons. The fraction of sp³-hybridized carbons (Fsp3) is 0.643. The van der Waals surface area contributed by atoms with Gasteiger partial charge >= 0.3 is 0 Å². The van der Waals surface area contributed by atoms with E-state index < -0.39 is 0 Å². The smallest absolute Gasteiger partial charge is 0.236 e. The summed E-state index contributed by atoms with van der Waals surface area (Å²) in [5.41, 5.74) is 0.945. The lowest BCUT2D eigenvalue weighted by atomic mass is 10.0. The van der Waals surface area contributed by atoms with Crippen molar-refractivity contribution < 1.29 is 9.59 Å². The van der Waals surface area contributed by atoms with Crippen molar-refractivity contribution >= 4 is 40.0 Å². The quantitative estimate of drug-likeness (QED) is 0.773. The zero-order valence-electron chi connectivity index (χ0n) is 12.5. The van der Waals surface area contributed by atoms with E-state index in [9.17, 15) is 9.59 Å². The van der Waals surface area contributed by atoms with Gasteiger partial charge in [-0.2, -0.15) is 0 Å². The van der Waals surface area contributed by atoms with E-state index in [1.807, 2.05) is 6.92 Å². The Morgan fingerprint density at radius 1 is 1.45 bits per heavy atom. The van der Waals surface area contributed by atoms with Crippen LogP contribution in [0.15, 0.2) is 0 Å². The lowest BCUT2D eigenvalue weighted by Gasteiger charge is -2.28. The standard InChI is InChI=1S/C14H20N4O2S2/c1-8-6-11(19)17-13(15-8)21-7-12(20)18-14-16-9-4-2-3-5-10(9)22-14/h8,13,15H,2-7H2,1H3,(H,17,19)(H,16,18,20). The number of thioether (sulfide) groups is 1. The summed E-state index contributed by atoms with van der Waals surface area (Å²) in [6, 6.07) is 0.139. The Morgan fingerprint density at radius 2 is 2.27 bits per heavy atom. The van der Waals surface area contributed by atoms with E-state index in [0.29, 0.717) is 11.6 Å². The highest BCUT2D eigenvalue weighted by atomic mass is 32.2. The van der Waals surface area contributed by atoms with Crippen molar-refractivity contribution in [3.8, 4) is 0 Å². The number of hydrogen-bond donors (Lipinski definition) is 3. The maximum absolute atomic E-state index is 12.0. The van der Waals surface area contributed by atoms with E-state index in [1.54, 1.807) is 11.3 Å². The van der Waals surface area contributed by atoms with Gasteiger partial charge in [0.15, 0.2) is 5.13 Å². The SMILES string of the molecule is CC1CC(=O)NC(SCC(=O)Nc2nc3c(s2)CCCC3)N1. The summed E-state index contributed by atoms with van der Waals surface area (Å²) < 4.78 is 0. The van der Waals surface area contributed by atoms with Crippen LogP contribution in [-0.4, -0.2) is 34.1 Å². The first-order valence-corrected chi connectivity index (χ1v) is 9.42. The molecule has 1 aromatic rings. The minimum absolute atomic E-state index is 0.0248. The molecule has 2 unspecified atom stereocenters. The summed E-state index contributed by atoms with van der Waals surface area (Å²) in [7, 11) is 0. The fourth-order valence-electron chi connectivity index (χ4n) is 2.65. The third kappa shape index (κ3) is 3.99. The number of anilines is 1. The zero-order valence-corrected chi connectivity index (χ0v) is 14.1. The van der Waals surface area contributed by atoms with E-state index >= 15 is 0 Å². The van der Waals surface area contributed by atoms with E-state index in [-0.39, 0.29) is 29.1 Å². The van der Waals surface area contributed by atoms with E-state index in [1.165, 1.54) is 29.5 Å². The first-order chi connectivity index (χ1) is 10.6. The van der Waals surface area contributed by atoms with Gasteiger partial charge in [-0.1, -0.05) is 0 Å². The molecule has 3 N–H and O–H groups in total. The molecule has 2 amide bonds. The van der Waals surface area contributed by atoms with Crippen molar-refractivity contribution in [1.82, 2.24) is 15.6 Å². The molecule has 8 heteroatoms. The molecule has 0 bridgehead atoms. The van der Waals surface area contributed by atoms with Crippen LogP contribution in [0, 0.1) is 0 Å². The van der Waals surface area contributed by atoms with Crippen molar-refractivity contribution in [3.63, 3.8) is 0 Å². The number of hydrogen-bond acceptors (Lipinski definition) is 6. The predicted molar refractivity (Wildman–Crippen MR) is 89.0 cm³/mol. The van der Waals surface area contributed by atoms with Gasteiger partial charge in [-0.25, -0.2) is 4.98 Å². The van der Waals surface area contributed by atoms with Gasteiger partial charge in [0.25, 0.3) is 0 Å². The second-order valence-electron chi connectivity index (χ2n) is 5.67. The fourth-order valence-corrected chi connectivity index (χ4v) is 4.65. The molecule has 0 saturated carbocycles. The number of fused-ring (bicyclic) bond motifs is 1. The van der Waals surface area contributed by atoms with Crippen LogP contribution in [0.4, 0.5) is 5.13 Å². The molecule has 1 aliphatic carbocycles. The number of aromatic nitrogens is 1. The van der Waals surface area contributed by atoms with Gasteiger partial charge in [-0.05, 0) is 32.6 Å². The molecule has 22 heavy (non-hydrogen) atoms. The second-order valence-corrected chi connectivity index (χ2v) is 7.85. The molecule has 0 aromatic carbocycles. The summed E-state index contributed by atoms with van der Waals surface area (Å²) in [5, 5.41) is 9.64. The number of rotatable bonds is 4. The number of nitrogens with one attached hydrogen (secondary N) is 3. The topological polar surface area (TPSA) is 83.1 Å². The molecule has 1 aromatic heterocycles. The van der Waals surface area contributed by atoms with Gasteiger partial charge < -0.3 is 10.6 Å². The van der Waals surface area contributed by atoms with Gasteiger partial charge in [0.05, 0.1) is 11.4 Å². The van der Waals surface area contributed by atoms with Crippen LogP contribution in [-0.2, 0) is 22.4 Å². The highest BCUT2D eigenvalue weighted by Crippen LogP contribution is 2.29. The number of carbonyl (C=O) groups is 2. The largest absolute Gasteiger partial charge is 0.332 e. The molecule has 1 saturated heterocycles. The van der Waals surface area contributed by atoms with Crippen LogP contribution in [0.3, 0.4) is 0 Å². The third-order valence-corrected chi connectivity index (χ3v) is 5.78. The molecule has 3 rings (SSSR count). The maximum Gasteiger partial charge on any atom is 0.236 e. The first-order valence-electron chi connectivity index (χ1n) is 7.55. The van der Waals surface area contributed by atoms with Gasteiger partial charge in [0, 0.05) is 17.3 Å². The lowest BCUT2D eigenvalue weighted by molar-refractivity contribution is -0.123. The molecule has 1 aliphatic heterocycles. The molecule has 1 fully saturated rings. The van der Waals surface area contributed by atoms with E-state index in [0.717, 1.165) is 18.5 Å². The van der Waals surface area contributed by atoms with Gasteiger partial charge in [0.1, 0.15) is 5.50 Å². The van der Waals surface area contributed by atoms with Crippen molar-refractivity contribution in [1.29, 1.82) is 0 Å². The summed E-state index contributed by atoms with van der Waals surface area (Å²) >= 11 is 2.98. The van der Waals surface area contributed by atoms with Crippen LogP contribution < -0.4 is 16.0 Å². The van der Waals surface area contributed by atoms with Gasteiger partial charge in [-0.3, -0.25) is 14.9 Å². The molecule has 6 nitrogen and oxygen atoms in total. The Morgan fingerprint density at radius 3 is 3.05 bits per heavy atom. The minimum atomic E-state index is -0.202. The number of carbonyl (C=O) groups excluding carboxylic acids is 2. The predicted octanol–water partition coefficient (Wildman–Crippen LogP) is 1.48. The van der Waals surface area contributed by atoms with Gasteiger partial charge in [-0.15, -0.1) is 23.1 Å². The van der Waals surface area contributed by atoms with Crippen LogP contribution in [0.2, 0.25) is 0 Å².